The summed E-state index contributed by atoms with van der Waals surface area (Å²) >= 11 is 1.74. The standard InChI is InChI=1S/C20H22FN5OS/c1-28-11-8-16(22)12-24-20-25-18(14-6-9-23-10-7-14)17(19(27)26-20)13-2-4-15(21)5-3-13/h2-7,9-10,16H,8,11-12,22H2,1H3,(H2,24,25,26,27). The summed E-state index contributed by atoms with van der Waals surface area (Å²) in [5.74, 6) is 0.955. The van der Waals surface area contributed by atoms with Gasteiger partial charge >= 0.3 is 0 Å². The Hall–Kier alpha value is -2.71. The highest BCUT2D eigenvalue weighted by Crippen LogP contribution is 2.28. The van der Waals surface area contributed by atoms with Gasteiger partial charge in [0.05, 0.1) is 11.3 Å². The number of hydrogen-bond acceptors (Lipinski definition) is 6. The van der Waals surface area contributed by atoms with Gasteiger partial charge in [-0.05, 0) is 48.3 Å². The molecule has 0 spiro atoms. The van der Waals surface area contributed by atoms with Gasteiger partial charge in [-0.15, -0.1) is 0 Å². The molecule has 4 N–H and O–H groups in total. The second-order valence-corrected chi connectivity index (χ2v) is 7.29. The number of anilines is 1. The van der Waals surface area contributed by atoms with E-state index in [2.05, 4.69) is 20.3 Å². The number of nitrogens with zero attached hydrogens (tertiary/aromatic N) is 2. The van der Waals surface area contributed by atoms with Crippen LogP contribution in [0.25, 0.3) is 22.4 Å². The summed E-state index contributed by atoms with van der Waals surface area (Å²) in [6, 6.07) is 9.30. The second-order valence-electron chi connectivity index (χ2n) is 6.30. The third kappa shape index (κ3) is 4.96. The van der Waals surface area contributed by atoms with E-state index in [1.165, 1.54) is 12.1 Å². The van der Waals surface area contributed by atoms with Gasteiger partial charge in [0.15, 0.2) is 0 Å². The number of aromatic amines is 1. The van der Waals surface area contributed by atoms with Gasteiger partial charge in [0.25, 0.3) is 5.56 Å². The quantitative estimate of drug-likeness (QED) is 0.538. The fourth-order valence-corrected chi connectivity index (χ4v) is 3.30. The third-order valence-electron chi connectivity index (χ3n) is 4.23. The van der Waals surface area contributed by atoms with E-state index in [0.29, 0.717) is 29.3 Å². The molecule has 0 aliphatic heterocycles. The zero-order chi connectivity index (χ0) is 19.9. The van der Waals surface area contributed by atoms with Crippen LogP contribution in [0.3, 0.4) is 0 Å². The van der Waals surface area contributed by atoms with Crippen molar-refractivity contribution in [2.24, 2.45) is 5.73 Å². The van der Waals surface area contributed by atoms with Crippen molar-refractivity contribution in [3.05, 3.63) is 65.0 Å². The first-order chi connectivity index (χ1) is 13.6. The number of rotatable bonds is 8. The summed E-state index contributed by atoms with van der Waals surface area (Å²) in [5, 5.41) is 3.12. The van der Waals surface area contributed by atoms with Crippen molar-refractivity contribution in [1.82, 2.24) is 15.0 Å². The molecule has 2 aromatic heterocycles. The minimum absolute atomic E-state index is 0.0427. The molecule has 3 rings (SSSR count). The largest absolute Gasteiger partial charge is 0.354 e. The van der Waals surface area contributed by atoms with Crippen LogP contribution in [0.15, 0.2) is 53.6 Å². The number of thioether (sulfide) groups is 1. The molecule has 0 saturated carbocycles. The van der Waals surface area contributed by atoms with Gasteiger partial charge in [0.1, 0.15) is 5.82 Å². The summed E-state index contributed by atoms with van der Waals surface area (Å²) in [4.78, 5) is 24.2. The van der Waals surface area contributed by atoms with Gasteiger partial charge in [-0.1, -0.05) is 12.1 Å². The molecule has 1 unspecified atom stereocenters. The Kier molecular flexibility index (Phi) is 6.78. The number of pyridine rings is 1. The topological polar surface area (TPSA) is 96.7 Å². The molecule has 8 heteroatoms. The SMILES string of the molecule is CSCCC(N)CNc1nc(-c2ccncc2)c(-c2ccc(F)cc2)c(=O)[nH]1. The Morgan fingerprint density at radius 3 is 2.57 bits per heavy atom. The average molecular weight is 399 g/mol. The maximum atomic E-state index is 13.3. The fraction of sp³-hybridized carbons (Fsp3) is 0.250. The summed E-state index contributed by atoms with van der Waals surface area (Å²) in [7, 11) is 0. The molecule has 2 heterocycles. The van der Waals surface area contributed by atoms with E-state index in [4.69, 9.17) is 5.73 Å². The van der Waals surface area contributed by atoms with Crippen molar-refractivity contribution >= 4 is 17.7 Å². The first-order valence-corrected chi connectivity index (χ1v) is 10.3. The smallest absolute Gasteiger partial charge is 0.260 e. The number of H-pyrrole nitrogens is 1. The van der Waals surface area contributed by atoms with Crippen LogP contribution in [0.4, 0.5) is 10.3 Å². The van der Waals surface area contributed by atoms with Crippen molar-refractivity contribution in [2.45, 2.75) is 12.5 Å². The molecule has 28 heavy (non-hydrogen) atoms. The molecule has 0 radical (unpaired) electrons. The highest BCUT2D eigenvalue weighted by atomic mass is 32.2. The van der Waals surface area contributed by atoms with Crippen molar-refractivity contribution in [1.29, 1.82) is 0 Å². The van der Waals surface area contributed by atoms with E-state index >= 15 is 0 Å². The van der Waals surface area contributed by atoms with Crippen LogP contribution in [0.1, 0.15) is 6.42 Å². The van der Waals surface area contributed by atoms with Gasteiger partial charge in [0.2, 0.25) is 5.95 Å². The molecule has 0 bridgehead atoms. The zero-order valence-corrected chi connectivity index (χ0v) is 16.3. The van der Waals surface area contributed by atoms with E-state index in [0.717, 1.165) is 17.7 Å². The van der Waals surface area contributed by atoms with Crippen LogP contribution >= 0.6 is 11.8 Å². The number of nitrogens with two attached hydrogens (primary N) is 1. The van der Waals surface area contributed by atoms with Crippen molar-refractivity contribution in [2.75, 3.05) is 23.9 Å². The summed E-state index contributed by atoms with van der Waals surface area (Å²) in [6.45, 7) is 0.495. The molecule has 0 saturated heterocycles. The molecule has 0 amide bonds. The van der Waals surface area contributed by atoms with Crippen molar-refractivity contribution in [3.8, 4) is 22.4 Å². The Balaban J connectivity index is 1.98. The summed E-state index contributed by atoms with van der Waals surface area (Å²) in [5.41, 5.74) is 7.99. The maximum Gasteiger partial charge on any atom is 0.260 e. The lowest BCUT2D eigenvalue weighted by atomic mass is 10.0. The maximum absolute atomic E-state index is 13.3. The van der Waals surface area contributed by atoms with Crippen LogP contribution in [0.2, 0.25) is 0 Å². The molecule has 146 valence electrons. The average Bonchev–Trinajstić information content (AvgIpc) is 2.72. The molecule has 0 fully saturated rings. The van der Waals surface area contributed by atoms with E-state index in [1.54, 1.807) is 48.4 Å². The van der Waals surface area contributed by atoms with Gasteiger partial charge in [0, 0.05) is 30.5 Å². The highest BCUT2D eigenvalue weighted by Gasteiger charge is 2.16. The van der Waals surface area contributed by atoms with E-state index < -0.39 is 0 Å². The number of hydrogen-bond donors (Lipinski definition) is 3. The lowest BCUT2D eigenvalue weighted by molar-refractivity contribution is 0.628. The molecule has 0 aliphatic carbocycles. The molecular formula is C20H22FN5OS. The van der Waals surface area contributed by atoms with Gasteiger partial charge < -0.3 is 11.1 Å². The third-order valence-corrected chi connectivity index (χ3v) is 4.87. The van der Waals surface area contributed by atoms with E-state index in [9.17, 15) is 9.18 Å². The molecule has 1 aromatic carbocycles. The second kappa shape index (κ2) is 9.48. The number of benzene rings is 1. The molecule has 3 aromatic rings. The predicted molar refractivity (Wildman–Crippen MR) is 113 cm³/mol. The van der Waals surface area contributed by atoms with Gasteiger partial charge in [-0.2, -0.15) is 11.8 Å². The van der Waals surface area contributed by atoms with Crippen LogP contribution in [-0.4, -0.2) is 39.5 Å². The highest BCUT2D eigenvalue weighted by molar-refractivity contribution is 7.98. The zero-order valence-electron chi connectivity index (χ0n) is 15.5. The monoisotopic (exact) mass is 399 g/mol. The molecule has 0 aliphatic rings. The van der Waals surface area contributed by atoms with Crippen LogP contribution in [0, 0.1) is 5.82 Å². The number of aromatic nitrogens is 3. The van der Waals surface area contributed by atoms with Gasteiger partial charge in [-0.25, -0.2) is 9.37 Å². The molecular weight excluding hydrogens is 377 g/mol. The summed E-state index contributed by atoms with van der Waals surface area (Å²) < 4.78 is 13.3. The van der Waals surface area contributed by atoms with Crippen molar-refractivity contribution in [3.63, 3.8) is 0 Å². The first kappa shape index (κ1) is 20.0. The minimum atomic E-state index is -0.365. The Morgan fingerprint density at radius 2 is 1.89 bits per heavy atom. The normalized spacial score (nSPS) is 12.0. The number of halogens is 1. The Labute approximate surface area is 166 Å². The van der Waals surface area contributed by atoms with Gasteiger partial charge in [-0.3, -0.25) is 14.8 Å². The predicted octanol–water partition coefficient (Wildman–Crippen LogP) is 3.13. The first-order valence-electron chi connectivity index (χ1n) is 8.87. The van der Waals surface area contributed by atoms with Crippen molar-refractivity contribution < 1.29 is 4.39 Å². The Bertz CT molecular complexity index is 963. The lowest BCUT2D eigenvalue weighted by Gasteiger charge is -2.15. The fourth-order valence-electron chi connectivity index (χ4n) is 2.76. The summed E-state index contributed by atoms with van der Waals surface area (Å²) in [6.07, 6.45) is 6.17. The van der Waals surface area contributed by atoms with E-state index in [1.807, 2.05) is 6.26 Å². The lowest BCUT2D eigenvalue weighted by Crippen LogP contribution is -2.31. The van der Waals surface area contributed by atoms with Crippen LogP contribution < -0.4 is 16.6 Å². The Morgan fingerprint density at radius 1 is 1.18 bits per heavy atom. The van der Waals surface area contributed by atoms with Crippen LogP contribution in [-0.2, 0) is 0 Å². The molecule has 6 nitrogen and oxygen atoms in total. The van der Waals surface area contributed by atoms with Crippen LogP contribution in [0.5, 0.6) is 0 Å². The molecule has 1 atom stereocenters. The minimum Gasteiger partial charge on any atom is -0.354 e. The van der Waals surface area contributed by atoms with E-state index in [-0.39, 0.29) is 17.4 Å². The number of nitrogens with one attached hydrogen (secondary N) is 2.